The van der Waals surface area contributed by atoms with E-state index in [4.69, 9.17) is 0 Å². The normalized spacial score (nSPS) is 10.3. The zero-order valence-corrected chi connectivity index (χ0v) is 10.8. The Kier molecular flexibility index (Phi) is 3.94. The minimum Gasteiger partial charge on any atom is -0.507 e. The molecule has 0 aliphatic rings. The van der Waals surface area contributed by atoms with Crippen molar-refractivity contribution < 1.29 is 9.90 Å². The van der Waals surface area contributed by atoms with Gasteiger partial charge in [-0.3, -0.25) is 4.79 Å². The zero-order valence-electron chi connectivity index (χ0n) is 10.0. The number of phenols is 1. The van der Waals surface area contributed by atoms with E-state index in [1.165, 1.54) is 10.9 Å². The summed E-state index contributed by atoms with van der Waals surface area (Å²) in [4.78, 5) is 17.2. The maximum Gasteiger partial charge on any atom is 0.255 e. The van der Waals surface area contributed by atoms with Crippen LogP contribution in [0.2, 0.25) is 0 Å². The summed E-state index contributed by atoms with van der Waals surface area (Å²) in [5.41, 5.74) is 0.282. The van der Waals surface area contributed by atoms with Crippen molar-refractivity contribution in [2.75, 3.05) is 0 Å². The van der Waals surface area contributed by atoms with Crippen LogP contribution in [0.5, 0.6) is 5.75 Å². The van der Waals surface area contributed by atoms with Gasteiger partial charge >= 0.3 is 0 Å². The van der Waals surface area contributed by atoms with Crippen LogP contribution in [-0.2, 0) is 13.0 Å². The van der Waals surface area contributed by atoms with Gasteiger partial charge in [-0.15, -0.1) is 11.3 Å². The van der Waals surface area contributed by atoms with Crippen molar-refractivity contribution in [2.24, 2.45) is 0 Å². The smallest absolute Gasteiger partial charge is 0.255 e. The fraction of sp³-hybridized carbons (Fsp3) is 0.231. The van der Waals surface area contributed by atoms with Gasteiger partial charge in [0.1, 0.15) is 10.8 Å². The third-order valence-electron chi connectivity index (χ3n) is 2.50. The largest absolute Gasteiger partial charge is 0.507 e. The van der Waals surface area contributed by atoms with E-state index in [0.717, 1.165) is 11.4 Å². The number of hydrogen-bond acceptors (Lipinski definition) is 4. The van der Waals surface area contributed by atoms with E-state index in [1.54, 1.807) is 29.5 Å². The van der Waals surface area contributed by atoms with E-state index >= 15 is 0 Å². The van der Waals surface area contributed by atoms with E-state index in [2.05, 4.69) is 17.2 Å². The van der Waals surface area contributed by atoms with E-state index in [1.807, 2.05) is 6.20 Å². The summed E-state index contributed by atoms with van der Waals surface area (Å²) in [5, 5.41) is 13.2. The van der Waals surface area contributed by atoms with Crippen LogP contribution in [-0.4, -0.2) is 16.0 Å². The molecule has 18 heavy (non-hydrogen) atoms. The molecule has 0 fully saturated rings. The number of aromatic nitrogens is 1. The number of thiazole rings is 1. The van der Waals surface area contributed by atoms with Crippen LogP contribution in [0.15, 0.2) is 30.5 Å². The molecular weight excluding hydrogens is 248 g/mol. The molecule has 0 bridgehead atoms. The highest BCUT2D eigenvalue weighted by atomic mass is 32.1. The van der Waals surface area contributed by atoms with Crippen molar-refractivity contribution in [2.45, 2.75) is 19.9 Å². The highest BCUT2D eigenvalue weighted by molar-refractivity contribution is 7.11. The first kappa shape index (κ1) is 12.6. The maximum absolute atomic E-state index is 11.8. The third-order valence-corrected chi connectivity index (χ3v) is 3.64. The van der Waals surface area contributed by atoms with Crippen LogP contribution in [0, 0.1) is 0 Å². The number of rotatable bonds is 4. The van der Waals surface area contributed by atoms with Crippen molar-refractivity contribution in [3.8, 4) is 5.75 Å². The summed E-state index contributed by atoms with van der Waals surface area (Å²) >= 11 is 1.59. The molecule has 1 aromatic heterocycles. The van der Waals surface area contributed by atoms with Crippen molar-refractivity contribution >= 4 is 17.2 Å². The summed E-state index contributed by atoms with van der Waals surface area (Å²) in [5.74, 6) is -0.301. The molecule has 0 aliphatic carbocycles. The Balaban J connectivity index is 1.98. The van der Waals surface area contributed by atoms with E-state index < -0.39 is 0 Å². The molecule has 4 nitrogen and oxygen atoms in total. The Morgan fingerprint density at radius 3 is 2.89 bits per heavy atom. The molecule has 0 spiro atoms. The minimum absolute atomic E-state index is 0.0108. The van der Waals surface area contributed by atoms with Gasteiger partial charge in [-0.25, -0.2) is 4.98 Å². The fourth-order valence-electron chi connectivity index (χ4n) is 1.51. The second kappa shape index (κ2) is 5.64. The van der Waals surface area contributed by atoms with Gasteiger partial charge in [0, 0.05) is 11.1 Å². The molecule has 0 atom stereocenters. The predicted molar refractivity (Wildman–Crippen MR) is 70.8 cm³/mol. The molecule has 2 aromatic rings. The summed E-state index contributed by atoms with van der Waals surface area (Å²) in [6.45, 7) is 2.45. The molecule has 0 unspecified atom stereocenters. The second-order valence-corrected chi connectivity index (χ2v) is 4.97. The van der Waals surface area contributed by atoms with Gasteiger partial charge in [-0.1, -0.05) is 19.1 Å². The van der Waals surface area contributed by atoms with Gasteiger partial charge in [0.25, 0.3) is 5.91 Å². The Bertz CT molecular complexity index is 551. The molecule has 1 aromatic carbocycles. The van der Waals surface area contributed by atoms with Crippen LogP contribution in [0.4, 0.5) is 0 Å². The third kappa shape index (κ3) is 2.87. The number of amides is 1. The number of benzene rings is 1. The summed E-state index contributed by atoms with van der Waals surface area (Å²) < 4.78 is 0. The van der Waals surface area contributed by atoms with Crippen molar-refractivity contribution in [1.29, 1.82) is 0 Å². The molecule has 94 valence electrons. The first-order valence-corrected chi connectivity index (χ1v) is 6.52. The molecule has 5 heteroatoms. The lowest BCUT2D eigenvalue weighted by Gasteiger charge is -2.04. The van der Waals surface area contributed by atoms with Gasteiger partial charge in [0.15, 0.2) is 0 Å². The van der Waals surface area contributed by atoms with Gasteiger partial charge in [0.2, 0.25) is 0 Å². The average molecular weight is 262 g/mol. The molecule has 0 saturated carbocycles. The maximum atomic E-state index is 11.8. The van der Waals surface area contributed by atoms with Crippen LogP contribution in [0.25, 0.3) is 0 Å². The van der Waals surface area contributed by atoms with Gasteiger partial charge in [-0.05, 0) is 18.6 Å². The SMILES string of the molecule is CCc1cnc(CNC(=O)c2ccccc2O)s1. The number of phenolic OH excluding ortho intramolecular Hbond substituents is 1. The van der Waals surface area contributed by atoms with Gasteiger partial charge in [0.05, 0.1) is 12.1 Å². The lowest BCUT2D eigenvalue weighted by molar-refractivity contribution is 0.0948. The molecule has 0 aliphatic heterocycles. The highest BCUT2D eigenvalue weighted by Crippen LogP contribution is 2.16. The highest BCUT2D eigenvalue weighted by Gasteiger charge is 2.10. The first-order valence-electron chi connectivity index (χ1n) is 5.70. The quantitative estimate of drug-likeness (QED) is 0.889. The minimum atomic E-state index is -0.290. The predicted octanol–water partition coefficient (Wildman–Crippen LogP) is 2.34. The van der Waals surface area contributed by atoms with Crippen LogP contribution in [0.1, 0.15) is 27.2 Å². The van der Waals surface area contributed by atoms with Gasteiger partial charge < -0.3 is 10.4 Å². The molecule has 0 radical (unpaired) electrons. The van der Waals surface area contributed by atoms with E-state index in [-0.39, 0.29) is 17.2 Å². The summed E-state index contributed by atoms with van der Waals surface area (Å²) in [6.07, 6.45) is 2.78. The fourth-order valence-corrected chi connectivity index (χ4v) is 2.31. The monoisotopic (exact) mass is 262 g/mol. The number of nitrogens with zero attached hydrogens (tertiary/aromatic N) is 1. The lowest BCUT2D eigenvalue weighted by atomic mass is 10.2. The molecule has 1 amide bonds. The first-order chi connectivity index (χ1) is 8.70. The number of aryl methyl sites for hydroxylation is 1. The Morgan fingerprint density at radius 1 is 1.44 bits per heavy atom. The number of para-hydroxylation sites is 1. The van der Waals surface area contributed by atoms with Gasteiger partial charge in [-0.2, -0.15) is 0 Å². The van der Waals surface area contributed by atoms with Crippen LogP contribution in [0.3, 0.4) is 0 Å². The average Bonchev–Trinajstić information content (AvgIpc) is 2.84. The summed E-state index contributed by atoms with van der Waals surface area (Å²) in [6, 6.07) is 6.48. The molecule has 1 heterocycles. The zero-order chi connectivity index (χ0) is 13.0. The molecule has 2 rings (SSSR count). The van der Waals surface area contributed by atoms with Crippen molar-refractivity contribution in [3.05, 3.63) is 45.9 Å². The Hall–Kier alpha value is -1.88. The molecular formula is C13H14N2O2S. The van der Waals surface area contributed by atoms with Crippen LogP contribution < -0.4 is 5.32 Å². The van der Waals surface area contributed by atoms with E-state index in [0.29, 0.717) is 6.54 Å². The Morgan fingerprint density at radius 2 is 2.22 bits per heavy atom. The standard InChI is InChI=1S/C13H14N2O2S/c1-2-9-7-14-12(18-9)8-15-13(17)10-5-3-4-6-11(10)16/h3-7,16H,2,8H2,1H3,(H,15,17). The topological polar surface area (TPSA) is 62.2 Å². The summed E-state index contributed by atoms with van der Waals surface area (Å²) in [7, 11) is 0. The molecule has 2 N–H and O–H groups in total. The molecule has 0 saturated heterocycles. The number of hydrogen-bond donors (Lipinski definition) is 2. The van der Waals surface area contributed by atoms with E-state index in [9.17, 15) is 9.90 Å². The number of nitrogens with one attached hydrogen (secondary N) is 1. The number of aromatic hydroxyl groups is 1. The van der Waals surface area contributed by atoms with Crippen molar-refractivity contribution in [1.82, 2.24) is 10.3 Å². The lowest BCUT2D eigenvalue weighted by Crippen LogP contribution is -2.22. The van der Waals surface area contributed by atoms with Crippen LogP contribution >= 0.6 is 11.3 Å². The Labute approximate surface area is 109 Å². The van der Waals surface area contributed by atoms with Crippen molar-refractivity contribution in [3.63, 3.8) is 0 Å². The number of carbonyl (C=O) groups excluding carboxylic acids is 1. The number of carbonyl (C=O) groups is 1. The second-order valence-electron chi connectivity index (χ2n) is 3.77.